The second-order valence-corrected chi connectivity index (χ2v) is 5.16. The average molecular weight is 381 g/mol. The molecular formula is C13H19BrClN3O3. The summed E-state index contributed by atoms with van der Waals surface area (Å²) in [4.78, 5) is 21.9. The van der Waals surface area contributed by atoms with Crippen LogP contribution in [0.15, 0.2) is 22.7 Å². The van der Waals surface area contributed by atoms with Crippen molar-refractivity contribution in [2.24, 2.45) is 0 Å². The highest BCUT2D eigenvalue weighted by Crippen LogP contribution is 2.23. The molecule has 6 nitrogen and oxygen atoms in total. The zero-order valence-electron chi connectivity index (χ0n) is 11.7. The largest absolute Gasteiger partial charge is 0.355 e. The molecule has 0 heterocycles. The summed E-state index contributed by atoms with van der Waals surface area (Å²) in [5, 5.41) is 16.6. The van der Waals surface area contributed by atoms with Gasteiger partial charge in [-0.2, -0.15) is 0 Å². The van der Waals surface area contributed by atoms with Gasteiger partial charge in [-0.25, -0.2) is 0 Å². The molecule has 0 aromatic heterocycles. The molecule has 8 heteroatoms. The molecule has 118 valence electrons. The number of amides is 1. The number of nitrogens with zero attached hydrogens (tertiary/aromatic N) is 1. The van der Waals surface area contributed by atoms with Crippen molar-refractivity contribution in [3.8, 4) is 0 Å². The standard InChI is InChI=1S/C13H18BrN3O3.ClH/c1-2-5-15-6-7-16-13(18)8-10-3-4-11(17(19)20)9-12(10)14;/h3-4,9,15H,2,5-8H2,1H3,(H,16,18);1H. The summed E-state index contributed by atoms with van der Waals surface area (Å²) in [6.45, 7) is 4.33. The van der Waals surface area contributed by atoms with Crippen LogP contribution in [0, 0.1) is 10.1 Å². The molecule has 0 bridgehead atoms. The highest BCUT2D eigenvalue weighted by Gasteiger charge is 2.11. The zero-order valence-corrected chi connectivity index (χ0v) is 14.1. The first-order valence-corrected chi connectivity index (χ1v) is 7.24. The van der Waals surface area contributed by atoms with Gasteiger partial charge in [-0.3, -0.25) is 14.9 Å². The van der Waals surface area contributed by atoms with Crippen LogP contribution in [-0.2, 0) is 11.2 Å². The molecule has 0 fully saturated rings. The highest BCUT2D eigenvalue weighted by molar-refractivity contribution is 9.10. The van der Waals surface area contributed by atoms with Gasteiger partial charge in [0, 0.05) is 29.7 Å². The van der Waals surface area contributed by atoms with Crippen LogP contribution in [0.4, 0.5) is 5.69 Å². The molecule has 21 heavy (non-hydrogen) atoms. The van der Waals surface area contributed by atoms with Crippen molar-refractivity contribution in [2.75, 3.05) is 19.6 Å². The maximum Gasteiger partial charge on any atom is 0.270 e. The van der Waals surface area contributed by atoms with E-state index in [1.807, 2.05) is 0 Å². The van der Waals surface area contributed by atoms with E-state index in [0.29, 0.717) is 11.0 Å². The van der Waals surface area contributed by atoms with E-state index in [0.717, 1.165) is 25.1 Å². The van der Waals surface area contributed by atoms with E-state index in [-0.39, 0.29) is 30.4 Å². The molecule has 0 atom stereocenters. The first-order chi connectivity index (χ1) is 9.54. The number of non-ortho nitro benzene ring substituents is 1. The normalized spacial score (nSPS) is 9.81. The number of nitro groups is 1. The topological polar surface area (TPSA) is 84.3 Å². The third-order valence-electron chi connectivity index (χ3n) is 2.65. The van der Waals surface area contributed by atoms with Crippen molar-refractivity contribution >= 4 is 39.9 Å². The minimum atomic E-state index is -0.464. The Morgan fingerprint density at radius 2 is 2.05 bits per heavy atom. The number of hydrogen-bond donors (Lipinski definition) is 2. The summed E-state index contributed by atoms with van der Waals surface area (Å²) >= 11 is 3.25. The minimum Gasteiger partial charge on any atom is -0.355 e. The Morgan fingerprint density at radius 3 is 2.62 bits per heavy atom. The van der Waals surface area contributed by atoms with Gasteiger partial charge < -0.3 is 10.6 Å². The molecule has 1 aromatic carbocycles. The smallest absolute Gasteiger partial charge is 0.270 e. The Hall–Kier alpha value is -1.18. The fraction of sp³-hybridized carbons (Fsp3) is 0.462. The van der Waals surface area contributed by atoms with Crippen molar-refractivity contribution in [2.45, 2.75) is 19.8 Å². The number of halogens is 2. The maximum atomic E-state index is 11.7. The average Bonchev–Trinajstić information content (AvgIpc) is 2.40. The summed E-state index contributed by atoms with van der Waals surface area (Å²) in [7, 11) is 0. The number of hydrogen-bond acceptors (Lipinski definition) is 4. The lowest BCUT2D eigenvalue weighted by molar-refractivity contribution is -0.384. The van der Waals surface area contributed by atoms with Gasteiger partial charge in [0.1, 0.15) is 0 Å². The predicted molar refractivity (Wildman–Crippen MR) is 87.9 cm³/mol. The molecule has 1 amide bonds. The van der Waals surface area contributed by atoms with Crippen molar-refractivity contribution in [1.29, 1.82) is 0 Å². The lowest BCUT2D eigenvalue weighted by Gasteiger charge is -2.07. The van der Waals surface area contributed by atoms with Crippen LogP contribution in [-0.4, -0.2) is 30.5 Å². The first-order valence-electron chi connectivity index (χ1n) is 6.44. The quantitative estimate of drug-likeness (QED) is 0.412. The molecule has 0 aliphatic rings. The Labute approximate surface area is 138 Å². The Morgan fingerprint density at radius 1 is 1.33 bits per heavy atom. The third-order valence-corrected chi connectivity index (χ3v) is 3.39. The lowest BCUT2D eigenvalue weighted by Crippen LogP contribution is -2.33. The molecular weight excluding hydrogens is 362 g/mol. The van der Waals surface area contributed by atoms with Crippen LogP contribution in [0.2, 0.25) is 0 Å². The summed E-state index contributed by atoms with van der Waals surface area (Å²) < 4.78 is 0.575. The number of carbonyl (C=O) groups is 1. The van der Waals surface area contributed by atoms with Gasteiger partial charge in [0.2, 0.25) is 5.91 Å². The van der Waals surface area contributed by atoms with E-state index in [1.165, 1.54) is 12.1 Å². The van der Waals surface area contributed by atoms with Gasteiger partial charge in [0.25, 0.3) is 5.69 Å². The molecule has 0 saturated carbocycles. The van der Waals surface area contributed by atoms with Crippen LogP contribution in [0.25, 0.3) is 0 Å². The first kappa shape index (κ1) is 19.8. The summed E-state index contributed by atoms with van der Waals surface area (Å²) in [6, 6.07) is 4.40. The van der Waals surface area contributed by atoms with Crippen molar-refractivity contribution in [1.82, 2.24) is 10.6 Å². The van der Waals surface area contributed by atoms with E-state index in [2.05, 4.69) is 33.5 Å². The number of nitrogens with one attached hydrogen (secondary N) is 2. The fourth-order valence-corrected chi connectivity index (χ4v) is 2.13. The molecule has 0 aliphatic carbocycles. The van der Waals surface area contributed by atoms with Crippen LogP contribution in [0.3, 0.4) is 0 Å². The third kappa shape index (κ3) is 7.40. The second kappa shape index (κ2) is 10.5. The summed E-state index contributed by atoms with van der Waals surface area (Å²) in [5.41, 5.74) is 0.736. The number of nitro benzene ring substituents is 1. The van der Waals surface area contributed by atoms with Crippen LogP contribution in [0.5, 0.6) is 0 Å². The van der Waals surface area contributed by atoms with Crippen LogP contribution in [0.1, 0.15) is 18.9 Å². The van der Waals surface area contributed by atoms with Gasteiger partial charge in [-0.1, -0.05) is 28.9 Å². The van der Waals surface area contributed by atoms with E-state index in [1.54, 1.807) is 6.07 Å². The monoisotopic (exact) mass is 379 g/mol. The van der Waals surface area contributed by atoms with Gasteiger partial charge in [0.15, 0.2) is 0 Å². The predicted octanol–water partition coefficient (Wildman–Crippen LogP) is 2.44. The van der Waals surface area contributed by atoms with E-state index < -0.39 is 4.92 Å². The Bertz CT molecular complexity index is 486. The Balaban J connectivity index is 0.00000400. The van der Waals surface area contributed by atoms with Gasteiger partial charge in [-0.15, -0.1) is 12.4 Å². The number of carbonyl (C=O) groups excluding carboxylic acids is 1. The van der Waals surface area contributed by atoms with Crippen LogP contribution >= 0.6 is 28.3 Å². The van der Waals surface area contributed by atoms with Crippen LogP contribution < -0.4 is 10.6 Å². The molecule has 0 aliphatic heterocycles. The van der Waals surface area contributed by atoms with Gasteiger partial charge >= 0.3 is 0 Å². The zero-order chi connectivity index (χ0) is 15.0. The highest BCUT2D eigenvalue weighted by atomic mass is 79.9. The van der Waals surface area contributed by atoms with Crippen molar-refractivity contribution in [3.05, 3.63) is 38.3 Å². The van der Waals surface area contributed by atoms with E-state index in [4.69, 9.17) is 0 Å². The fourth-order valence-electron chi connectivity index (χ4n) is 1.62. The Kier molecular flexibility index (Phi) is 9.94. The molecule has 1 aromatic rings. The summed E-state index contributed by atoms with van der Waals surface area (Å²) in [6.07, 6.45) is 1.26. The summed E-state index contributed by atoms with van der Waals surface area (Å²) in [5.74, 6) is -0.0992. The lowest BCUT2D eigenvalue weighted by atomic mass is 10.1. The molecule has 0 unspecified atom stereocenters. The SMILES string of the molecule is CCCNCCNC(=O)Cc1ccc([N+](=O)[O-])cc1Br.Cl. The van der Waals surface area contributed by atoms with Crippen molar-refractivity contribution < 1.29 is 9.72 Å². The van der Waals surface area contributed by atoms with Gasteiger partial charge in [-0.05, 0) is 18.5 Å². The second-order valence-electron chi connectivity index (χ2n) is 4.31. The van der Waals surface area contributed by atoms with E-state index >= 15 is 0 Å². The number of benzene rings is 1. The molecule has 2 N–H and O–H groups in total. The van der Waals surface area contributed by atoms with E-state index in [9.17, 15) is 14.9 Å². The number of rotatable bonds is 8. The maximum absolute atomic E-state index is 11.7. The van der Waals surface area contributed by atoms with Gasteiger partial charge in [0.05, 0.1) is 11.3 Å². The molecule has 0 spiro atoms. The molecule has 0 saturated heterocycles. The molecule has 1 rings (SSSR count). The minimum absolute atomic E-state index is 0. The molecule has 0 radical (unpaired) electrons. The van der Waals surface area contributed by atoms with Crippen molar-refractivity contribution in [3.63, 3.8) is 0 Å².